The molecule has 1 N–H and O–H groups in total. The average molecular weight is 285 g/mol. The minimum atomic E-state index is -0.866. The molecule has 0 saturated carbocycles. The van der Waals surface area contributed by atoms with Gasteiger partial charge >= 0.3 is 0 Å². The van der Waals surface area contributed by atoms with E-state index < -0.39 is 5.60 Å². The molecule has 1 aliphatic heterocycles. The van der Waals surface area contributed by atoms with Crippen LogP contribution in [0.5, 0.6) is 0 Å². The molecular weight excluding hydrogens is 268 g/mol. The first-order chi connectivity index (χ1) is 9.00. The molecule has 104 valence electrons. The van der Waals surface area contributed by atoms with E-state index in [0.29, 0.717) is 36.8 Å². The molecular formula is C13H17ClN2O3. The van der Waals surface area contributed by atoms with Gasteiger partial charge in [0.2, 0.25) is 0 Å². The van der Waals surface area contributed by atoms with Crippen LogP contribution < -0.4 is 0 Å². The normalized spacial score (nSPS) is 18.1. The molecule has 6 heteroatoms. The lowest BCUT2D eigenvalue weighted by Gasteiger charge is -2.35. The van der Waals surface area contributed by atoms with Crippen molar-refractivity contribution in [1.82, 2.24) is 9.88 Å². The number of carbonyl (C=O) groups excluding carboxylic acids is 1. The highest BCUT2D eigenvalue weighted by atomic mass is 35.5. The van der Waals surface area contributed by atoms with Gasteiger partial charge in [-0.3, -0.25) is 4.79 Å². The number of pyridine rings is 1. The lowest BCUT2D eigenvalue weighted by atomic mass is 9.94. The zero-order valence-corrected chi connectivity index (χ0v) is 11.6. The number of aromatic nitrogens is 1. The Bertz CT molecular complexity index is 444. The lowest BCUT2D eigenvalue weighted by Crippen LogP contribution is -2.47. The fourth-order valence-electron chi connectivity index (χ4n) is 2.12. The van der Waals surface area contributed by atoms with Crippen molar-refractivity contribution in [3.8, 4) is 0 Å². The van der Waals surface area contributed by atoms with Crippen LogP contribution in [-0.2, 0) is 4.74 Å². The zero-order valence-electron chi connectivity index (χ0n) is 10.8. The molecule has 19 heavy (non-hydrogen) atoms. The van der Waals surface area contributed by atoms with Crippen LogP contribution in [0.1, 0.15) is 23.3 Å². The Labute approximate surface area is 117 Å². The molecule has 0 radical (unpaired) electrons. The number of nitrogens with zero attached hydrogens (tertiary/aromatic N) is 2. The maximum absolute atomic E-state index is 12.1. The van der Waals surface area contributed by atoms with Gasteiger partial charge in [0, 0.05) is 45.8 Å². The van der Waals surface area contributed by atoms with Gasteiger partial charge in [0.1, 0.15) is 5.69 Å². The highest BCUT2D eigenvalue weighted by Gasteiger charge is 2.32. The molecule has 1 saturated heterocycles. The Morgan fingerprint density at radius 3 is 2.79 bits per heavy atom. The van der Waals surface area contributed by atoms with Crippen molar-refractivity contribution < 1.29 is 14.6 Å². The second kappa shape index (κ2) is 5.86. The van der Waals surface area contributed by atoms with Gasteiger partial charge in [-0.15, -0.1) is 0 Å². The summed E-state index contributed by atoms with van der Waals surface area (Å²) in [6.07, 6.45) is 2.52. The molecule has 0 unspecified atom stereocenters. The summed E-state index contributed by atoms with van der Waals surface area (Å²) in [6, 6.07) is 3.20. The van der Waals surface area contributed by atoms with E-state index in [-0.39, 0.29) is 12.5 Å². The highest BCUT2D eigenvalue weighted by molar-refractivity contribution is 6.30. The van der Waals surface area contributed by atoms with Crippen molar-refractivity contribution in [2.24, 2.45) is 0 Å². The van der Waals surface area contributed by atoms with Gasteiger partial charge in [-0.05, 0) is 12.1 Å². The van der Waals surface area contributed by atoms with Crippen molar-refractivity contribution in [3.05, 3.63) is 29.0 Å². The molecule has 2 rings (SSSR count). The smallest absolute Gasteiger partial charge is 0.272 e. The number of amides is 1. The van der Waals surface area contributed by atoms with E-state index in [1.807, 2.05) is 0 Å². The fourth-order valence-corrected chi connectivity index (χ4v) is 2.23. The zero-order chi connectivity index (χ0) is 13.9. The highest BCUT2D eigenvalue weighted by Crippen LogP contribution is 2.21. The SMILES string of the molecule is CN(CC1(O)CCOCC1)C(=O)c1ccc(Cl)cn1. The number of ether oxygens (including phenoxy) is 1. The quantitative estimate of drug-likeness (QED) is 0.910. The molecule has 0 atom stereocenters. The third kappa shape index (κ3) is 3.65. The average Bonchev–Trinajstić information content (AvgIpc) is 2.39. The largest absolute Gasteiger partial charge is 0.388 e. The fraction of sp³-hybridized carbons (Fsp3) is 0.538. The van der Waals surface area contributed by atoms with Crippen LogP contribution in [-0.4, -0.2) is 53.3 Å². The van der Waals surface area contributed by atoms with Crippen molar-refractivity contribution in [1.29, 1.82) is 0 Å². The summed E-state index contributed by atoms with van der Waals surface area (Å²) < 4.78 is 5.21. The van der Waals surface area contributed by atoms with E-state index in [1.165, 1.54) is 11.1 Å². The first-order valence-electron chi connectivity index (χ1n) is 6.17. The molecule has 1 aromatic heterocycles. The first kappa shape index (κ1) is 14.2. The lowest BCUT2D eigenvalue weighted by molar-refractivity contribution is -0.0734. The van der Waals surface area contributed by atoms with Gasteiger partial charge < -0.3 is 14.7 Å². The number of hydrogen-bond acceptors (Lipinski definition) is 4. The maximum Gasteiger partial charge on any atom is 0.272 e. The Hall–Kier alpha value is -1.17. The van der Waals surface area contributed by atoms with Crippen LogP contribution in [0.3, 0.4) is 0 Å². The van der Waals surface area contributed by atoms with Crippen LogP contribution in [0.2, 0.25) is 5.02 Å². The third-order valence-electron chi connectivity index (χ3n) is 3.25. The van der Waals surface area contributed by atoms with E-state index in [4.69, 9.17) is 16.3 Å². The van der Waals surface area contributed by atoms with Crippen molar-refractivity contribution >= 4 is 17.5 Å². The van der Waals surface area contributed by atoms with E-state index in [1.54, 1.807) is 19.2 Å². The van der Waals surface area contributed by atoms with Gasteiger partial charge in [0.05, 0.1) is 10.6 Å². The number of hydrogen-bond donors (Lipinski definition) is 1. The predicted octanol–water partition coefficient (Wildman–Crippen LogP) is 1.35. The molecule has 0 spiro atoms. The molecule has 0 aromatic carbocycles. The Kier molecular flexibility index (Phi) is 4.39. The summed E-state index contributed by atoms with van der Waals surface area (Å²) in [7, 11) is 1.66. The van der Waals surface area contributed by atoms with Gasteiger partial charge in [0.25, 0.3) is 5.91 Å². The summed E-state index contributed by atoms with van der Waals surface area (Å²) in [4.78, 5) is 17.6. The minimum Gasteiger partial charge on any atom is -0.388 e. The van der Waals surface area contributed by atoms with Crippen LogP contribution in [0.25, 0.3) is 0 Å². The number of rotatable bonds is 3. The van der Waals surface area contributed by atoms with Gasteiger partial charge in [-0.1, -0.05) is 11.6 Å². The molecule has 0 bridgehead atoms. The summed E-state index contributed by atoms with van der Waals surface area (Å²) in [5, 5.41) is 10.9. The van der Waals surface area contributed by atoms with Crippen LogP contribution >= 0.6 is 11.6 Å². The van der Waals surface area contributed by atoms with E-state index >= 15 is 0 Å². The van der Waals surface area contributed by atoms with E-state index in [0.717, 1.165) is 0 Å². The topological polar surface area (TPSA) is 62.7 Å². The Balaban J connectivity index is 2.00. The number of likely N-dealkylation sites (N-methyl/N-ethyl adjacent to an activating group) is 1. The summed E-state index contributed by atoms with van der Waals surface area (Å²) in [5.41, 5.74) is -0.544. The Morgan fingerprint density at radius 2 is 2.21 bits per heavy atom. The van der Waals surface area contributed by atoms with E-state index in [9.17, 15) is 9.90 Å². The molecule has 1 fully saturated rings. The summed E-state index contributed by atoms with van der Waals surface area (Å²) in [5.74, 6) is -0.225. The number of carbonyl (C=O) groups is 1. The maximum atomic E-state index is 12.1. The Morgan fingerprint density at radius 1 is 1.53 bits per heavy atom. The molecule has 2 heterocycles. The van der Waals surface area contributed by atoms with Crippen LogP contribution in [0, 0.1) is 0 Å². The second-order valence-electron chi connectivity index (χ2n) is 4.86. The molecule has 1 aromatic rings. The minimum absolute atomic E-state index is 0.225. The molecule has 5 nitrogen and oxygen atoms in total. The monoisotopic (exact) mass is 284 g/mol. The molecule has 1 amide bonds. The summed E-state index contributed by atoms with van der Waals surface area (Å²) in [6.45, 7) is 1.33. The van der Waals surface area contributed by atoms with Crippen molar-refractivity contribution in [2.45, 2.75) is 18.4 Å². The second-order valence-corrected chi connectivity index (χ2v) is 5.30. The van der Waals surface area contributed by atoms with Gasteiger partial charge in [-0.25, -0.2) is 4.98 Å². The molecule has 1 aliphatic rings. The number of aliphatic hydroxyl groups is 1. The predicted molar refractivity (Wildman–Crippen MR) is 71.2 cm³/mol. The number of halogens is 1. The summed E-state index contributed by atoms with van der Waals surface area (Å²) >= 11 is 5.73. The van der Waals surface area contributed by atoms with Crippen LogP contribution in [0.4, 0.5) is 0 Å². The van der Waals surface area contributed by atoms with Gasteiger partial charge in [0.15, 0.2) is 0 Å². The van der Waals surface area contributed by atoms with Crippen molar-refractivity contribution in [3.63, 3.8) is 0 Å². The van der Waals surface area contributed by atoms with Crippen LogP contribution in [0.15, 0.2) is 18.3 Å². The standard InChI is InChI=1S/C13H17ClN2O3/c1-16(9-13(18)4-6-19-7-5-13)12(17)11-3-2-10(14)8-15-11/h2-3,8,18H,4-7,9H2,1H3. The molecule has 0 aliphatic carbocycles. The first-order valence-corrected chi connectivity index (χ1v) is 6.55. The van der Waals surface area contributed by atoms with E-state index in [2.05, 4.69) is 4.98 Å². The third-order valence-corrected chi connectivity index (χ3v) is 3.47. The van der Waals surface area contributed by atoms with Crippen molar-refractivity contribution in [2.75, 3.05) is 26.8 Å². The van der Waals surface area contributed by atoms with Gasteiger partial charge in [-0.2, -0.15) is 0 Å².